The molecule has 3 heterocycles. The summed E-state index contributed by atoms with van der Waals surface area (Å²) in [6.07, 6.45) is 2.49. The summed E-state index contributed by atoms with van der Waals surface area (Å²) in [4.78, 5) is 2.58. The Kier molecular flexibility index (Phi) is 3.33. The van der Waals surface area contributed by atoms with Gasteiger partial charge in [-0.1, -0.05) is 0 Å². The van der Waals surface area contributed by atoms with Crippen molar-refractivity contribution in [2.75, 3.05) is 26.4 Å². The van der Waals surface area contributed by atoms with Crippen LogP contribution in [0.5, 0.6) is 0 Å². The minimum absolute atomic E-state index is 0.00787. The van der Waals surface area contributed by atoms with Crippen LogP contribution in [-0.4, -0.2) is 49.0 Å². The number of fused-ring (bicyclic) bond motifs is 2. The minimum Gasteiger partial charge on any atom is -0.378 e. The molecule has 3 saturated heterocycles. The molecule has 2 bridgehead atoms. The molecule has 88 valence electrons. The van der Waals surface area contributed by atoms with Crippen LogP contribution in [0.3, 0.4) is 0 Å². The fourth-order valence-electron chi connectivity index (χ4n) is 2.40. The Balaban J connectivity index is 1.59. The highest BCUT2D eigenvalue weighted by atomic mass is 16.5. The Labute approximate surface area is 92.7 Å². The molecule has 0 aliphatic carbocycles. The lowest BCUT2D eigenvalue weighted by molar-refractivity contribution is -0.130. The standard InChI is InChI=1S/C12H23NO2/c1-12(2,3)15-6-4-5-13-10-7-11(13)9-14-8-10/h10-11H,4-9H2,1-3H3. The van der Waals surface area contributed by atoms with E-state index < -0.39 is 0 Å². The zero-order chi connectivity index (χ0) is 10.9. The second-order valence-corrected chi connectivity index (χ2v) is 5.63. The zero-order valence-electron chi connectivity index (χ0n) is 10.2. The summed E-state index contributed by atoms with van der Waals surface area (Å²) in [5.74, 6) is 0. The van der Waals surface area contributed by atoms with E-state index in [1.54, 1.807) is 0 Å². The van der Waals surface area contributed by atoms with Crippen molar-refractivity contribution in [3.05, 3.63) is 0 Å². The smallest absolute Gasteiger partial charge is 0.0623 e. The van der Waals surface area contributed by atoms with E-state index in [9.17, 15) is 0 Å². The second-order valence-electron chi connectivity index (χ2n) is 5.63. The summed E-state index contributed by atoms with van der Waals surface area (Å²) in [5.41, 5.74) is 0.00787. The number of hydrogen-bond acceptors (Lipinski definition) is 3. The molecule has 15 heavy (non-hydrogen) atoms. The van der Waals surface area contributed by atoms with E-state index in [1.807, 2.05) is 0 Å². The van der Waals surface area contributed by atoms with Gasteiger partial charge in [0.1, 0.15) is 0 Å². The van der Waals surface area contributed by atoms with Crippen molar-refractivity contribution >= 4 is 0 Å². The highest BCUT2D eigenvalue weighted by Gasteiger charge is 2.41. The monoisotopic (exact) mass is 213 g/mol. The third-order valence-electron chi connectivity index (χ3n) is 3.20. The Morgan fingerprint density at radius 2 is 1.93 bits per heavy atom. The summed E-state index contributed by atoms with van der Waals surface area (Å²) < 4.78 is 11.2. The van der Waals surface area contributed by atoms with E-state index in [4.69, 9.17) is 9.47 Å². The maximum Gasteiger partial charge on any atom is 0.0623 e. The first-order valence-corrected chi connectivity index (χ1v) is 6.04. The second kappa shape index (κ2) is 4.40. The largest absolute Gasteiger partial charge is 0.378 e. The first-order chi connectivity index (χ1) is 7.06. The van der Waals surface area contributed by atoms with E-state index >= 15 is 0 Å². The Morgan fingerprint density at radius 3 is 2.47 bits per heavy atom. The number of hydrogen-bond donors (Lipinski definition) is 0. The molecule has 0 N–H and O–H groups in total. The van der Waals surface area contributed by atoms with E-state index in [0.717, 1.165) is 26.2 Å². The molecular weight excluding hydrogens is 190 g/mol. The van der Waals surface area contributed by atoms with Gasteiger partial charge in [-0.05, 0) is 33.6 Å². The summed E-state index contributed by atoms with van der Waals surface area (Å²) in [5, 5.41) is 0. The average molecular weight is 213 g/mol. The molecule has 3 fully saturated rings. The maximum absolute atomic E-state index is 5.71. The number of morpholine rings is 1. The fraction of sp³-hybridized carbons (Fsp3) is 1.00. The maximum atomic E-state index is 5.71. The highest BCUT2D eigenvalue weighted by molar-refractivity contribution is 4.95. The van der Waals surface area contributed by atoms with Crippen LogP contribution in [0.4, 0.5) is 0 Å². The van der Waals surface area contributed by atoms with E-state index in [-0.39, 0.29) is 5.60 Å². The van der Waals surface area contributed by atoms with Crippen LogP contribution < -0.4 is 0 Å². The molecule has 0 spiro atoms. The van der Waals surface area contributed by atoms with Gasteiger partial charge in [-0.3, -0.25) is 4.90 Å². The molecule has 2 unspecified atom stereocenters. The molecule has 0 aromatic heterocycles. The lowest BCUT2D eigenvalue weighted by Crippen LogP contribution is -2.63. The third kappa shape index (κ3) is 2.92. The molecule has 3 aliphatic rings. The Hall–Kier alpha value is -0.120. The van der Waals surface area contributed by atoms with Crippen molar-refractivity contribution in [1.29, 1.82) is 0 Å². The van der Waals surface area contributed by atoms with Gasteiger partial charge < -0.3 is 9.47 Å². The van der Waals surface area contributed by atoms with Gasteiger partial charge in [0, 0.05) is 25.2 Å². The predicted molar refractivity (Wildman–Crippen MR) is 60.0 cm³/mol. The van der Waals surface area contributed by atoms with Gasteiger partial charge in [-0.15, -0.1) is 0 Å². The summed E-state index contributed by atoms with van der Waals surface area (Å²) in [6, 6.07) is 1.41. The van der Waals surface area contributed by atoms with Crippen LogP contribution in [-0.2, 0) is 9.47 Å². The minimum atomic E-state index is 0.00787. The van der Waals surface area contributed by atoms with Gasteiger partial charge in [0.05, 0.1) is 18.8 Å². The average Bonchev–Trinajstić information content (AvgIpc) is 2.16. The van der Waals surface area contributed by atoms with Gasteiger partial charge in [0.15, 0.2) is 0 Å². The molecule has 0 aromatic carbocycles. The normalized spacial score (nSPS) is 31.4. The summed E-state index contributed by atoms with van der Waals surface area (Å²) in [6.45, 7) is 10.3. The zero-order valence-corrected chi connectivity index (χ0v) is 10.2. The van der Waals surface area contributed by atoms with Crippen molar-refractivity contribution < 1.29 is 9.47 Å². The number of rotatable bonds is 4. The molecule has 0 aromatic rings. The quantitative estimate of drug-likeness (QED) is 0.663. The van der Waals surface area contributed by atoms with Crippen LogP contribution in [0.1, 0.15) is 33.6 Å². The lowest BCUT2D eigenvalue weighted by Gasteiger charge is -2.52. The lowest BCUT2D eigenvalue weighted by atomic mass is 9.91. The highest BCUT2D eigenvalue weighted by Crippen LogP contribution is 2.30. The Morgan fingerprint density at radius 1 is 1.27 bits per heavy atom. The van der Waals surface area contributed by atoms with Crippen molar-refractivity contribution in [1.82, 2.24) is 4.90 Å². The SMILES string of the molecule is CC(C)(C)OCCCN1C2COCC1C2. The molecule has 0 saturated carbocycles. The first kappa shape index (κ1) is 11.4. The van der Waals surface area contributed by atoms with Gasteiger partial charge in [-0.2, -0.15) is 0 Å². The fourth-order valence-corrected chi connectivity index (χ4v) is 2.40. The van der Waals surface area contributed by atoms with Crippen LogP contribution in [0, 0.1) is 0 Å². The van der Waals surface area contributed by atoms with E-state index in [0.29, 0.717) is 12.1 Å². The first-order valence-electron chi connectivity index (χ1n) is 6.04. The van der Waals surface area contributed by atoms with Crippen LogP contribution in [0.2, 0.25) is 0 Å². The Bertz CT molecular complexity index is 198. The summed E-state index contributed by atoms with van der Waals surface area (Å²) in [7, 11) is 0. The molecule has 3 aliphatic heterocycles. The molecule has 0 amide bonds. The number of nitrogens with zero attached hydrogens (tertiary/aromatic N) is 1. The van der Waals surface area contributed by atoms with Crippen molar-refractivity contribution in [2.24, 2.45) is 0 Å². The van der Waals surface area contributed by atoms with Gasteiger partial charge >= 0.3 is 0 Å². The molecular formula is C12H23NO2. The molecule has 2 atom stereocenters. The van der Waals surface area contributed by atoms with Crippen molar-refractivity contribution in [2.45, 2.75) is 51.3 Å². The molecule has 3 nitrogen and oxygen atoms in total. The van der Waals surface area contributed by atoms with E-state index in [1.165, 1.54) is 13.0 Å². The van der Waals surface area contributed by atoms with Crippen LogP contribution in [0.15, 0.2) is 0 Å². The molecule has 3 heteroatoms. The predicted octanol–water partition coefficient (Wildman–Crippen LogP) is 1.66. The molecule has 0 radical (unpaired) electrons. The van der Waals surface area contributed by atoms with Gasteiger partial charge in [-0.25, -0.2) is 0 Å². The third-order valence-corrected chi connectivity index (χ3v) is 3.20. The van der Waals surface area contributed by atoms with Crippen LogP contribution in [0.25, 0.3) is 0 Å². The van der Waals surface area contributed by atoms with Crippen LogP contribution >= 0.6 is 0 Å². The molecule has 3 rings (SSSR count). The van der Waals surface area contributed by atoms with E-state index in [2.05, 4.69) is 25.7 Å². The van der Waals surface area contributed by atoms with Gasteiger partial charge in [0.25, 0.3) is 0 Å². The van der Waals surface area contributed by atoms with Gasteiger partial charge in [0.2, 0.25) is 0 Å². The summed E-state index contributed by atoms with van der Waals surface area (Å²) >= 11 is 0. The topological polar surface area (TPSA) is 21.7 Å². The van der Waals surface area contributed by atoms with Crippen molar-refractivity contribution in [3.63, 3.8) is 0 Å². The number of ether oxygens (including phenoxy) is 2. The van der Waals surface area contributed by atoms with Crippen molar-refractivity contribution in [3.8, 4) is 0 Å².